The van der Waals surface area contributed by atoms with Crippen molar-refractivity contribution in [1.82, 2.24) is 4.57 Å². The molecule has 4 rings (SSSR count). The first-order chi connectivity index (χ1) is 17.5. The summed E-state index contributed by atoms with van der Waals surface area (Å²) in [6.45, 7) is 1.09. The highest BCUT2D eigenvalue weighted by atomic mass is 16.5. The predicted molar refractivity (Wildman–Crippen MR) is 141 cm³/mol. The number of nitrogens with zero attached hydrogens (tertiary/aromatic N) is 1. The van der Waals surface area contributed by atoms with Gasteiger partial charge in [-0.1, -0.05) is 66.7 Å². The third-order valence-corrected chi connectivity index (χ3v) is 6.02. The SMILES string of the molecule is O=C(O)CCCn1cc(C(=O)O)c2c(/C=C/c3ccc(OCCCc4ccccc4)cc3)cccc21. The molecule has 0 amide bonds. The number of fused-ring (bicyclic) bond motifs is 1. The van der Waals surface area contributed by atoms with Gasteiger partial charge in [0.1, 0.15) is 5.75 Å². The minimum atomic E-state index is -1.01. The fourth-order valence-corrected chi connectivity index (χ4v) is 4.24. The van der Waals surface area contributed by atoms with Crippen molar-refractivity contribution >= 4 is 35.0 Å². The maximum absolute atomic E-state index is 11.9. The van der Waals surface area contributed by atoms with Gasteiger partial charge in [0.15, 0.2) is 0 Å². The number of benzene rings is 3. The van der Waals surface area contributed by atoms with Crippen molar-refractivity contribution < 1.29 is 24.5 Å². The van der Waals surface area contributed by atoms with Crippen LogP contribution >= 0.6 is 0 Å². The second-order valence-electron chi connectivity index (χ2n) is 8.62. The van der Waals surface area contributed by atoms with E-state index in [1.807, 2.05) is 77.4 Å². The smallest absolute Gasteiger partial charge is 0.337 e. The van der Waals surface area contributed by atoms with Gasteiger partial charge in [0.05, 0.1) is 12.2 Å². The molecule has 0 spiro atoms. The monoisotopic (exact) mass is 483 g/mol. The lowest BCUT2D eigenvalue weighted by atomic mass is 10.0. The Labute approximate surface area is 210 Å². The van der Waals surface area contributed by atoms with E-state index in [2.05, 4.69) is 12.1 Å². The average Bonchev–Trinajstić information content (AvgIpc) is 3.26. The van der Waals surface area contributed by atoms with Crippen molar-refractivity contribution in [2.75, 3.05) is 6.61 Å². The summed E-state index contributed by atoms with van der Waals surface area (Å²) >= 11 is 0. The van der Waals surface area contributed by atoms with Crippen LogP contribution in [-0.4, -0.2) is 33.3 Å². The maximum Gasteiger partial charge on any atom is 0.337 e. The molecule has 0 bridgehead atoms. The van der Waals surface area contributed by atoms with E-state index in [0.29, 0.717) is 25.0 Å². The first-order valence-corrected chi connectivity index (χ1v) is 12.0. The van der Waals surface area contributed by atoms with Crippen LogP contribution in [0.25, 0.3) is 23.1 Å². The summed E-state index contributed by atoms with van der Waals surface area (Å²) in [7, 11) is 0. The Balaban J connectivity index is 1.43. The molecule has 0 saturated heterocycles. The molecular formula is C30H29NO5. The van der Waals surface area contributed by atoms with Crippen LogP contribution in [0.5, 0.6) is 5.75 Å². The number of rotatable bonds is 12. The summed E-state index contributed by atoms with van der Waals surface area (Å²) in [5, 5.41) is 19.3. The molecular weight excluding hydrogens is 454 g/mol. The highest BCUT2D eigenvalue weighted by Crippen LogP contribution is 2.28. The highest BCUT2D eigenvalue weighted by molar-refractivity contribution is 6.07. The van der Waals surface area contributed by atoms with E-state index < -0.39 is 11.9 Å². The number of aliphatic carboxylic acids is 1. The number of carboxylic acids is 2. The Morgan fingerprint density at radius 3 is 2.36 bits per heavy atom. The van der Waals surface area contributed by atoms with Gasteiger partial charge in [0.25, 0.3) is 0 Å². The molecule has 0 saturated carbocycles. The van der Waals surface area contributed by atoms with E-state index in [1.54, 1.807) is 6.20 Å². The van der Waals surface area contributed by atoms with Gasteiger partial charge in [-0.15, -0.1) is 0 Å². The summed E-state index contributed by atoms with van der Waals surface area (Å²) in [5.74, 6) is -1.06. The van der Waals surface area contributed by atoms with Gasteiger partial charge in [-0.05, 0) is 54.2 Å². The maximum atomic E-state index is 11.9. The number of carbonyl (C=O) groups is 2. The fraction of sp³-hybridized carbons (Fsp3) is 0.200. The molecule has 0 atom stereocenters. The van der Waals surface area contributed by atoms with Crippen LogP contribution in [0.2, 0.25) is 0 Å². The Bertz CT molecular complexity index is 1350. The second kappa shape index (κ2) is 11.9. The third kappa shape index (κ3) is 6.42. The van der Waals surface area contributed by atoms with Crippen molar-refractivity contribution in [3.05, 3.63) is 101 Å². The first kappa shape index (κ1) is 24.8. The van der Waals surface area contributed by atoms with Gasteiger partial charge in [-0.2, -0.15) is 0 Å². The van der Waals surface area contributed by atoms with Crippen LogP contribution in [-0.2, 0) is 17.8 Å². The van der Waals surface area contributed by atoms with Crippen LogP contribution < -0.4 is 4.74 Å². The standard InChI is InChI=1S/C30H29NO5/c32-28(33)12-5-19-31-21-26(30(34)35)29-24(10-4-11-27(29)31)16-13-23-14-17-25(18-15-23)36-20-6-9-22-7-2-1-3-8-22/h1-4,7-8,10-11,13-18,21H,5-6,9,12,19-20H2,(H,32,33)(H,34,35)/b16-13+. The Kier molecular flexibility index (Phi) is 8.19. The number of hydrogen-bond donors (Lipinski definition) is 2. The van der Waals surface area contributed by atoms with E-state index in [9.17, 15) is 14.7 Å². The fourth-order valence-electron chi connectivity index (χ4n) is 4.24. The molecule has 0 aliphatic heterocycles. The molecule has 1 heterocycles. The number of hydrogen-bond acceptors (Lipinski definition) is 3. The number of carboxylic acid groups (broad SMARTS) is 2. The van der Waals surface area contributed by atoms with Crippen LogP contribution in [0.3, 0.4) is 0 Å². The number of aromatic nitrogens is 1. The molecule has 184 valence electrons. The molecule has 0 unspecified atom stereocenters. The zero-order valence-corrected chi connectivity index (χ0v) is 20.0. The number of aryl methyl sites for hydroxylation is 2. The van der Waals surface area contributed by atoms with Gasteiger partial charge in [-0.3, -0.25) is 4.79 Å². The summed E-state index contributed by atoms with van der Waals surface area (Å²) in [6.07, 6.45) is 7.83. The average molecular weight is 484 g/mol. The lowest BCUT2D eigenvalue weighted by Gasteiger charge is -2.07. The number of ether oxygens (including phenoxy) is 1. The van der Waals surface area contributed by atoms with Crippen LogP contribution in [0.1, 0.15) is 46.3 Å². The van der Waals surface area contributed by atoms with Gasteiger partial charge < -0.3 is 19.5 Å². The molecule has 0 aliphatic rings. The molecule has 0 fully saturated rings. The summed E-state index contributed by atoms with van der Waals surface area (Å²) in [6, 6.07) is 23.8. The molecule has 6 nitrogen and oxygen atoms in total. The van der Waals surface area contributed by atoms with Crippen molar-refractivity contribution in [2.45, 2.75) is 32.2 Å². The lowest BCUT2D eigenvalue weighted by molar-refractivity contribution is -0.137. The van der Waals surface area contributed by atoms with Crippen LogP contribution in [0.15, 0.2) is 79.0 Å². The molecule has 4 aromatic rings. The lowest BCUT2D eigenvalue weighted by Crippen LogP contribution is -2.01. The van der Waals surface area contributed by atoms with Crippen molar-refractivity contribution in [3.63, 3.8) is 0 Å². The molecule has 2 N–H and O–H groups in total. The van der Waals surface area contributed by atoms with E-state index in [1.165, 1.54) is 5.56 Å². The Morgan fingerprint density at radius 1 is 0.861 bits per heavy atom. The van der Waals surface area contributed by atoms with Gasteiger partial charge in [0, 0.05) is 30.1 Å². The second-order valence-corrected chi connectivity index (χ2v) is 8.62. The quantitative estimate of drug-likeness (QED) is 0.180. The predicted octanol–water partition coefficient (Wildman–Crippen LogP) is 6.39. The molecule has 1 aromatic heterocycles. The largest absolute Gasteiger partial charge is 0.494 e. The molecule has 3 aromatic carbocycles. The topological polar surface area (TPSA) is 88.8 Å². The summed E-state index contributed by atoms with van der Waals surface area (Å²) in [5.41, 5.74) is 4.06. The van der Waals surface area contributed by atoms with Gasteiger partial charge in [-0.25, -0.2) is 4.79 Å². The minimum Gasteiger partial charge on any atom is -0.494 e. The van der Waals surface area contributed by atoms with Gasteiger partial charge >= 0.3 is 11.9 Å². The molecule has 36 heavy (non-hydrogen) atoms. The van der Waals surface area contributed by atoms with E-state index in [4.69, 9.17) is 9.84 Å². The zero-order chi connectivity index (χ0) is 25.3. The van der Waals surface area contributed by atoms with Crippen molar-refractivity contribution in [1.29, 1.82) is 0 Å². The van der Waals surface area contributed by atoms with E-state index >= 15 is 0 Å². The van der Waals surface area contributed by atoms with Crippen molar-refractivity contribution in [3.8, 4) is 5.75 Å². The van der Waals surface area contributed by atoms with Crippen molar-refractivity contribution in [2.24, 2.45) is 0 Å². The first-order valence-electron chi connectivity index (χ1n) is 12.0. The van der Waals surface area contributed by atoms with Gasteiger partial charge in [0.2, 0.25) is 0 Å². The van der Waals surface area contributed by atoms with Crippen LogP contribution in [0.4, 0.5) is 0 Å². The zero-order valence-electron chi connectivity index (χ0n) is 20.0. The van der Waals surface area contributed by atoms with E-state index in [0.717, 1.165) is 35.2 Å². The minimum absolute atomic E-state index is 0.0361. The molecule has 0 radical (unpaired) electrons. The number of aromatic carboxylic acids is 1. The third-order valence-electron chi connectivity index (χ3n) is 6.02. The highest BCUT2D eigenvalue weighted by Gasteiger charge is 2.16. The summed E-state index contributed by atoms with van der Waals surface area (Å²) < 4.78 is 7.69. The Hall–Kier alpha value is -4.32. The van der Waals surface area contributed by atoms with E-state index in [-0.39, 0.29) is 12.0 Å². The molecule has 6 heteroatoms. The van der Waals surface area contributed by atoms with Crippen LogP contribution in [0, 0.1) is 0 Å². The molecule has 0 aliphatic carbocycles. The Morgan fingerprint density at radius 2 is 1.64 bits per heavy atom. The normalized spacial score (nSPS) is 11.2. The summed E-state index contributed by atoms with van der Waals surface area (Å²) in [4.78, 5) is 22.8.